The van der Waals surface area contributed by atoms with Crippen LogP contribution in [-0.2, 0) is 16.9 Å². The Morgan fingerprint density at radius 2 is 1.76 bits per heavy atom. The van der Waals surface area contributed by atoms with Gasteiger partial charge >= 0.3 is 5.69 Å². The second-order valence-corrected chi connectivity index (χ2v) is 8.66. The van der Waals surface area contributed by atoms with E-state index < -0.39 is 34.3 Å². The minimum atomic E-state index is -2.20. The molecular weight excluding hydrogens is 483 g/mol. The molecule has 0 radical (unpaired) electrons. The number of carbonyl (C=O) groups excluding carboxylic acids is 2. The maximum Gasteiger partial charge on any atom is 0.311 e. The summed E-state index contributed by atoms with van der Waals surface area (Å²) in [6, 6.07) is 15.2. The average Bonchev–Trinajstić information content (AvgIpc) is 3.01. The minimum Gasteiger partial charge on any atom is -0.490 e. The lowest BCUT2D eigenvalue weighted by atomic mass is 9.88. The normalized spacial score (nSPS) is 16.9. The lowest BCUT2D eigenvalue weighted by Gasteiger charge is -2.23. The maximum absolute atomic E-state index is 13.4. The predicted octanol–water partition coefficient (Wildman–Crippen LogP) is 4.92. The number of carbonyl (C=O) groups is 2. The molecule has 0 spiro atoms. The number of hydrogen-bond acceptors (Lipinski definition) is 6. The van der Waals surface area contributed by atoms with E-state index in [0.717, 1.165) is 11.6 Å². The molecule has 8 nitrogen and oxygen atoms in total. The number of anilines is 1. The van der Waals surface area contributed by atoms with Gasteiger partial charge in [-0.25, -0.2) is 0 Å². The van der Waals surface area contributed by atoms with Crippen molar-refractivity contribution >= 4 is 46.3 Å². The number of nitro groups is 1. The Labute approximate surface area is 204 Å². The Bertz CT molecular complexity index is 1310. The van der Waals surface area contributed by atoms with Crippen LogP contribution < -0.4 is 9.64 Å². The van der Waals surface area contributed by atoms with Crippen molar-refractivity contribution in [3.8, 4) is 5.75 Å². The zero-order valence-corrected chi connectivity index (χ0v) is 19.3. The standard InChI is InChI=1S/C24H18Cl2N2O6/c1-34-22-9-4-15(10-20(22)28(32)33)21(29)12-24(31)18-11-17(26)7-8-19(18)27(23(24)30)13-14-2-5-16(25)6-3-14/h2-11,31H,12-13H2,1H3/t24-/m1/s1. The lowest BCUT2D eigenvalue weighted by Crippen LogP contribution is -2.41. The van der Waals surface area contributed by atoms with Crippen LogP contribution in [0.2, 0.25) is 10.0 Å². The third-order valence-electron chi connectivity index (χ3n) is 5.66. The molecule has 10 heteroatoms. The van der Waals surface area contributed by atoms with Crippen LogP contribution in [0.5, 0.6) is 5.75 Å². The van der Waals surface area contributed by atoms with E-state index in [1.54, 1.807) is 36.4 Å². The first-order chi connectivity index (χ1) is 16.1. The van der Waals surface area contributed by atoms with Crippen LogP contribution in [0.25, 0.3) is 0 Å². The highest BCUT2D eigenvalue weighted by Crippen LogP contribution is 2.45. The van der Waals surface area contributed by atoms with Gasteiger partial charge in [-0.05, 0) is 48.0 Å². The van der Waals surface area contributed by atoms with E-state index in [0.29, 0.717) is 10.7 Å². The van der Waals surface area contributed by atoms with Gasteiger partial charge < -0.3 is 14.7 Å². The Hall–Kier alpha value is -3.46. The third kappa shape index (κ3) is 4.23. The van der Waals surface area contributed by atoms with E-state index in [1.165, 1.54) is 30.2 Å². The van der Waals surface area contributed by atoms with E-state index in [9.17, 15) is 24.8 Å². The van der Waals surface area contributed by atoms with Crippen molar-refractivity contribution in [1.82, 2.24) is 0 Å². The number of ether oxygens (including phenoxy) is 1. The molecule has 34 heavy (non-hydrogen) atoms. The number of nitro benzene ring substituents is 1. The summed E-state index contributed by atoms with van der Waals surface area (Å²) in [5.74, 6) is -1.36. The number of ketones is 1. The molecule has 1 atom stereocenters. The summed E-state index contributed by atoms with van der Waals surface area (Å²) in [5.41, 5.74) is -1.26. The van der Waals surface area contributed by atoms with Crippen LogP contribution in [0.1, 0.15) is 27.9 Å². The van der Waals surface area contributed by atoms with E-state index in [2.05, 4.69) is 0 Å². The van der Waals surface area contributed by atoms with Crippen molar-refractivity contribution in [2.45, 2.75) is 18.6 Å². The van der Waals surface area contributed by atoms with Gasteiger partial charge in [-0.3, -0.25) is 19.7 Å². The molecule has 0 unspecified atom stereocenters. The molecule has 3 aromatic carbocycles. The van der Waals surface area contributed by atoms with Gasteiger partial charge in [0.15, 0.2) is 17.1 Å². The number of halogens is 2. The van der Waals surface area contributed by atoms with E-state index in [1.807, 2.05) is 0 Å². The predicted molar refractivity (Wildman–Crippen MR) is 127 cm³/mol. The molecule has 1 aliphatic heterocycles. The van der Waals surface area contributed by atoms with Crippen LogP contribution in [0.4, 0.5) is 11.4 Å². The van der Waals surface area contributed by atoms with Crippen molar-refractivity contribution in [2.75, 3.05) is 12.0 Å². The van der Waals surface area contributed by atoms with E-state index in [4.69, 9.17) is 27.9 Å². The number of amides is 1. The molecule has 1 amide bonds. The number of nitrogens with zero attached hydrogens (tertiary/aromatic N) is 2. The van der Waals surface area contributed by atoms with E-state index >= 15 is 0 Å². The Morgan fingerprint density at radius 3 is 2.41 bits per heavy atom. The first-order valence-electron chi connectivity index (χ1n) is 10.1. The van der Waals surface area contributed by atoms with Gasteiger partial charge in [0.1, 0.15) is 0 Å². The summed E-state index contributed by atoms with van der Waals surface area (Å²) in [6.07, 6.45) is -0.625. The number of aliphatic hydroxyl groups is 1. The minimum absolute atomic E-state index is 0.0107. The van der Waals surface area contributed by atoms with Gasteiger partial charge in [0, 0.05) is 27.2 Å². The largest absolute Gasteiger partial charge is 0.490 e. The summed E-state index contributed by atoms with van der Waals surface area (Å²) in [5, 5.41) is 23.6. The van der Waals surface area contributed by atoms with Crippen molar-refractivity contribution in [2.24, 2.45) is 0 Å². The van der Waals surface area contributed by atoms with Gasteiger partial charge in [-0.2, -0.15) is 0 Å². The fourth-order valence-corrected chi connectivity index (χ4v) is 4.26. The van der Waals surface area contributed by atoms with Gasteiger partial charge in [0.2, 0.25) is 0 Å². The van der Waals surface area contributed by atoms with Crippen LogP contribution in [0, 0.1) is 10.1 Å². The lowest BCUT2D eigenvalue weighted by molar-refractivity contribution is -0.385. The molecule has 0 aromatic heterocycles. The average molecular weight is 501 g/mol. The first kappa shape index (κ1) is 23.7. The molecule has 1 aliphatic rings. The van der Waals surface area contributed by atoms with Crippen molar-refractivity contribution < 1.29 is 24.4 Å². The SMILES string of the molecule is COc1ccc(C(=O)C[C@]2(O)C(=O)N(Cc3ccc(Cl)cc3)c3ccc(Cl)cc32)cc1[N+](=O)[O-]. The molecule has 0 aliphatic carbocycles. The quantitative estimate of drug-likeness (QED) is 0.280. The van der Waals surface area contributed by atoms with Gasteiger partial charge in [0.25, 0.3) is 5.91 Å². The Kier molecular flexibility index (Phi) is 6.31. The third-order valence-corrected chi connectivity index (χ3v) is 6.15. The number of methoxy groups -OCH3 is 1. The zero-order valence-electron chi connectivity index (χ0n) is 17.8. The molecule has 174 valence electrons. The highest BCUT2D eigenvalue weighted by molar-refractivity contribution is 6.31. The summed E-state index contributed by atoms with van der Waals surface area (Å²) in [6.45, 7) is 0.134. The fourth-order valence-electron chi connectivity index (χ4n) is 3.96. The number of rotatable bonds is 7. The van der Waals surface area contributed by atoms with Crippen LogP contribution in [0.3, 0.4) is 0 Å². The van der Waals surface area contributed by atoms with Crippen molar-refractivity contribution in [1.29, 1.82) is 0 Å². The van der Waals surface area contributed by atoms with Crippen molar-refractivity contribution in [3.63, 3.8) is 0 Å². The fraction of sp³-hybridized carbons (Fsp3) is 0.167. The first-order valence-corrected chi connectivity index (χ1v) is 10.8. The van der Waals surface area contributed by atoms with E-state index in [-0.39, 0.29) is 28.4 Å². The van der Waals surface area contributed by atoms with Crippen molar-refractivity contribution in [3.05, 3.63) is 97.5 Å². The van der Waals surface area contributed by atoms with Gasteiger partial charge in [-0.15, -0.1) is 0 Å². The topological polar surface area (TPSA) is 110 Å². The maximum atomic E-state index is 13.4. The highest BCUT2D eigenvalue weighted by Gasteiger charge is 2.51. The highest BCUT2D eigenvalue weighted by atomic mass is 35.5. The number of benzene rings is 3. The molecule has 4 rings (SSSR count). The summed E-state index contributed by atoms with van der Waals surface area (Å²) in [7, 11) is 1.28. The van der Waals surface area contributed by atoms with Crippen LogP contribution in [-0.4, -0.2) is 28.8 Å². The summed E-state index contributed by atoms with van der Waals surface area (Å²) >= 11 is 12.1. The molecular formula is C24H18Cl2N2O6. The summed E-state index contributed by atoms with van der Waals surface area (Å²) in [4.78, 5) is 38.6. The smallest absolute Gasteiger partial charge is 0.311 e. The van der Waals surface area contributed by atoms with Crippen LogP contribution in [0.15, 0.2) is 60.7 Å². The van der Waals surface area contributed by atoms with Gasteiger partial charge in [-0.1, -0.05) is 35.3 Å². The number of fused-ring (bicyclic) bond motifs is 1. The summed E-state index contributed by atoms with van der Waals surface area (Å²) < 4.78 is 4.96. The number of hydrogen-bond donors (Lipinski definition) is 1. The molecule has 3 aromatic rings. The van der Waals surface area contributed by atoms with Crippen LogP contribution >= 0.6 is 23.2 Å². The monoisotopic (exact) mass is 500 g/mol. The zero-order chi connectivity index (χ0) is 24.6. The Balaban J connectivity index is 1.70. The second-order valence-electron chi connectivity index (χ2n) is 7.78. The molecule has 1 heterocycles. The molecule has 1 N–H and O–H groups in total. The Morgan fingerprint density at radius 1 is 1.09 bits per heavy atom. The molecule has 0 fully saturated rings. The number of Topliss-reactive ketones (excluding diaryl/α,β-unsaturated/α-hetero) is 1. The molecule has 0 saturated carbocycles. The molecule has 0 saturated heterocycles. The van der Waals surface area contributed by atoms with Gasteiger partial charge in [0.05, 0.1) is 30.7 Å². The molecule has 0 bridgehead atoms. The second kappa shape index (κ2) is 9.06.